The lowest BCUT2D eigenvalue weighted by Gasteiger charge is -2.04. The van der Waals surface area contributed by atoms with Gasteiger partial charge in [0.1, 0.15) is 0 Å². The first kappa shape index (κ1) is 12.4. The fourth-order valence-electron chi connectivity index (χ4n) is 2.19. The topological polar surface area (TPSA) is 55.1 Å². The van der Waals surface area contributed by atoms with Crippen molar-refractivity contribution in [2.45, 2.75) is 20.3 Å². The molecule has 0 saturated heterocycles. The van der Waals surface area contributed by atoms with Crippen molar-refractivity contribution in [1.29, 1.82) is 0 Å². The van der Waals surface area contributed by atoms with E-state index in [2.05, 4.69) is 11.2 Å². The van der Waals surface area contributed by atoms with Gasteiger partial charge in [0.25, 0.3) is 0 Å². The van der Waals surface area contributed by atoms with Gasteiger partial charge in [0.05, 0.1) is 17.8 Å². The van der Waals surface area contributed by atoms with Crippen molar-refractivity contribution in [3.63, 3.8) is 0 Å². The van der Waals surface area contributed by atoms with Crippen LogP contribution in [0.3, 0.4) is 0 Å². The zero-order chi connectivity index (χ0) is 13.3. The fourth-order valence-corrected chi connectivity index (χ4v) is 2.19. The van der Waals surface area contributed by atoms with Crippen LogP contribution in [0.2, 0.25) is 0 Å². The maximum Gasteiger partial charge on any atom is 0.309 e. The molecule has 1 aromatic carbocycles. The first-order valence-electron chi connectivity index (χ1n) is 5.80. The molecule has 0 radical (unpaired) electrons. The second-order valence-corrected chi connectivity index (χ2v) is 4.48. The molecule has 0 bridgehead atoms. The molecule has 0 saturated carbocycles. The Bertz CT molecular complexity index is 600. The Morgan fingerprint density at radius 3 is 2.72 bits per heavy atom. The van der Waals surface area contributed by atoms with Crippen LogP contribution in [-0.2, 0) is 18.3 Å². The molecule has 94 valence electrons. The largest absolute Gasteiger partial charge is 0.481 e. The van der Waals surface area contributed by atoms with Crippen LogP contribution < -0.4 is 0 Å². The van der Waals surface area contributed by atoms with E-state index in [1.54, 1.807) is 4.68 Å². The summed E-state index contributed by atoms with van der Waals surface area (Å²) in [5.74, 6) is -0.855. The van der Waals surface area contributed by atoms with E-state index in [0.29, 0.717) is 5.69 Å². The van der Waals surface area contributed by atoms with Crippen molar-refractivity contribution in [1.82, 2.24) is 9.78 Å². The van der Waals surface area contributed by atoms with E-state index < -0.39 is 5.97 Å². The average molecular weight is 244 g/mol. The van der Waals surface area contributed by atoms with Gasteiger partial charge >= 0.3 is 5.97 Å². The van der Waals surface area contributed by atoms with Crippen molar-refractivity contribution >= 4 is 5.97 Å². The minimum atomic E-state index is -0.855. The molecule has 0 fully saturated rings. The number of carboxylic acids is 1. The third kappa shape index (κ3) is 2.27. The van der Waals surface area contributed by atoms with Crippen LogP contribution in [-0.4, -0.2) is 20.9 Å². The van der Waals surface area contributed by atoms with Gasteiger partial charge in [-0.2, -0.15) is 5.10 Å². The van der Waals surface area contributed by atoms with Gasteiger partial charge in [-0.1, -0.05) is 23.8 Å². The number of carboxylic acid groups (broad SMARTS) is 1. The summed E-state index contributed by atoms with van der Waals surface area (Å²) in [4.78, 5) is 10.8. The van der Waals surface area contributed by atoms with Gasteiger partial charge in [0.2, 0.25) is 0 Å². The molecule has 4 heteroatoms. The molecule has 0 atom stereocenters. The molecule has 4 nitrogen and oxygen atoms in total. The van der Waals surface area contributed by atoms with Crippen LogP contribution in [0.5, 0.6) is 0 Å². The van der Waals surface area contributed by atoms with Crippen molar-refractivity contribution in [2.24, 2.45) is 7.05 Å². The summed E-state index contributed by atoms with van der Waals surface area (Å²) in [5, 5.41) is 13.1. The molecule has 18 heavy (non-hydrogen) atoms. The maximum absolute atomic E-state index is 10.8. The van der Waals surface area contributed by atoms with Gasteiger partial charge in [-0.25, -0.2) is 0 Å². The molecular weight excluding hydrogens is 228 g/mol. The number of benzene rings is 1. The maximum atomic E-state index is 10.8. The highest BCUT2D eigenvalue weighted by Gasteiger charge is 2.15. The number of nitrogens with zero attached hydrogens (tertiary/aromatic N) is 2. The van der Waals surface area contributed by atoms with E-state index in [9.17, 15) is 4.79 Å². The molecule has 1 aromatic heterocycles. The second kappa shape index (κ2) is 4.64. The van der Waals surface area contributed by atoms with Crippen LogP contribution in [0.1, 0.15) is 16.8 Å². The Labute approximate surface area is 106 Å². The van der Waals surface area contributed by atoms with Gasteiger partial charge in [0, 0.05) is 12.6 Å². The van der Waals surface area contributed by atoms with E-state index in [-0.39, 0.29) is 6.42 Å². The van der Waals surface area contributed by atoms with Crippen LogP contribution in [0, 0.1) is 13.8 Å². The Hall–Kier alpha value is -2.10. The molecule has 0 aliphatic rings. The Morgan fingerprint density at radius 2 is 2.11 bits per heavy atom. The number of aliphatic carboxylic acids is 1. The minimum absolute atomic E-state index is 0.0362. The van der Waals surface area contributed by atoms with Crippen LogP contribution in [0.25, 0.3) is 11.3 Å². The number of carbonyl (C=O) groups is 1. The summed E-state index contributed by atoms with van der Waals surface area (Å²) < 4.78 is 1.75. The van der Waals surface area contributed by atoms with Gasteiger partial charge in [0.15, 0.2) is 0 Å². The fraction of sp³-hybridized carbons (Fsp3) is 0.286. The van der Waals surface area contributed by atoms with Crippen LogP contribution in [0.15, 0.2) is 24.3 Å². The van der Waals surface area contributed by atoms with Crippen LogP contribution >= 0.6 is 0 Å². The molecular formula is C14H16N2O2. The zero-order valence-corrected chi connectivity index (χ0v) is 10.8. The average Bonchev–Trinajstić information content (AvgIpc) is 2.53. The van der Waals surface area contributed by atoms with Gasteiger partial charge in [-0.15, -0.1) is 0 Å². The van der Waals surface area contributed by atoms with E-state index in [1.165, 1.54) is 5.56 Å². The summed E-state index contributed by atoms with van der Waals surface area (Å²) in [6, 6.07) is 8.12. The summed E-state index contributed by atoms with van der Waals surface area (Å²) >= 11 is 0. The van der Waals surface area contributed by atoms with Crippen molar-refractivity contribution < 1.29 is 9.90 Å². The normalized spacial score (nSPS) is 10.6. The predicted molar refractivity (Wildman–Crippen MR) is 69.5 cm³/mol. The monoisotopic (exact) mass is 244 g/mol. The van der Waals surface area contributed by atoms with Crippen molar-refractivity contribution in [2.75, 3.05) is 0 Å². The summed E-state index contributed by atoms with van der Waals surface area (Å²) in [6.45, 7) is 3.95. The number of aromatic nitrogens is 2. The standard InChI is InChI=1S/C14H16N2O2/c1-9-5-4-6-11(7-9)14-10(2)12(8-13(17)18)15-16(14)3/h4-7H,8H2,1-3H3,(H,17,18). The smallest absolute Gasteiger partial charge is 0.309 e. The van der Waals surface area contributed by atoms with Gasteiger partial charge in [-0.3, -0.25) is 9.48 Å². The molecule has 1 heterocycles. The van der Waals surface area contributed by atoms with Crippen molar-refractivity contribution in [3.05, 3.63) is 41.1 Å². The van der Waals surface area contributed by atoms with Gasteiger partial charge in [-0.05, 0) is 25.5 Å². The third-order valence-corrected chi connectivity index (χ3v) is 2.99. The number of aryl methyl sites for hydroxylation is 2. The second-order valence-electron chi connectivity index (χ2n) is 4.48. The highest BCUT2D eigenvalue weighted by Crippen LogP contribution is 2.26. The summed E-state index contributed by atoms with van der Waals surface area (Å²) in [5.41, 5.74) is 4.79. The molecule has 1 N–H and O–H groups in total. The lowest BCUT2D eigenvalue weighted by Crippen LogP contribution is -2.02. The highest BCUT2D eigenvalue weighted by atomic mass is 16.4. The third-order valence-electron chi connectivity index (χ3n) is 2.99. The highest BCUT2D eigenvalue weighted by molar-refractivity contribution is 5.72. The lowest BCUT2D eigenvalue weighted by atomic mass is 10.0. The minimum Gasteiger partial charge on any atom is -0.481 e. The summed E-state index contributed by atoms with van der Waals surface area (Å²) in [7, 11) is 1.84. The molecule has 2 rings (SSSR count). The molecule has 0 aliphatic heterocycles. The Balaban J connectivity index is 2.51. The van der Waals surface area contributed by atoms with E-state index in [4.69, 9.17) is 5.11 Å². The zero-order valence-electron chi connectivity index (χ0n) is 10.8. The van der Waals surface area contributed by atoms with E-state index in [0.717, 1.165) is 16.8 Å². The SMILES string of the molecule is Cc1cccc(-c2c(C)c(CC(=O)O)nn2C)c1. The van der Waals surface area contributed by atoms with E-state index >= 15 is 0 Å². The Morgan fingerprint density at radius 1 is 1.39 bits per heavy atom. The first-order valence-corrected chi connectivity index (χ1v) is 5.80. The predicted octanol–water partition coefficient (Wildman–Crippen LogP) is 2.33. The number of hydrogen-bond donors (Lipinski definition) is 1. The van der Waals surface area contributed by atoms with E-state index in [1.807, 2.05) is 39.1 Å². The molecule has 0 unspecified atom stereocenters. The quantitative estimate of drug-likeness (QED) is 0.901. The first-order chi connectivity index (χ1) is 8.49. The van der Waals surface area contributed by atoms with Gasteiger partial charge < -0.3 is 5.11 Å². The number of hydrogen-bond acceptors (Lipinski definition) is 2. The Kier molecular flexibility index (Phi) is 3.19. The van der Waals surface area contributed by atoms with Crippen LogP contribution in [0.4, 0.5) is 0 Å². The molecule has 0 spiro atoms. The van der Waals surface area contributed by atoms with Crippen molar-refractivity contribution in [3.8, 4) is 11.3 Å². The lowest BCUT2D eigenvalue weighted by molar-refractivity contribution is -0.136. The number of rotatable bonds is 3. The summed E-state index contributed by atoms with van der Waals surface area (Å²) in [6.07, 6.45) is -0.0362. The molecule has 0 aliphatic carbocycles. The molecule has 0 amide bonds. The molecule has 2 aromatic rings.